The monoisotopic (exact) mass is 228 g/mol. The van der Waals surface area contributed by atoms with Crippen molar-refractivity contribution in [3.63, 3.8) is 0 Å². The van der Waals surface area contributed by atoms with Gasteiger partial charge in [0, 0.05) is 19.8 Å². The Morgan fingerprint density at radius 2 is 1.94 bits per heavy atom. The molecule has 16 heavy (non-hydrogen) atoms. The molecule has 0 aromatic rings. The van der Waals surface area contributed by atoms with Gasteiger partial charge in [0.05, 0.1) is 0 Å². The molecule has 1 unspecified atom stereocenters. The van der Waals surface area contributed by atoms with Gasteiger partial charge < -0.3 is 15.8 Å². The topological polar surface area (TPSA) is 47.3 Å². The predicted molar refractivity (Wildman–Crippen MR) is 68.4 cm³/mol. The van der Waals surface area contributed by atoms with Crippen molar-refractivity contribution in [2.24, 2.45) is 23.0 Å². The van der Waals surface area contributed by atoms with Gasteiger partial charge in [-0.2, -0.15) is 0 Å². The van der Waals surface area contributed by atoms with E-state index in [2.05, 4.69) is 26.1 Å². The molecule has 0 aliphatic carbocycles. The maximum atomic E-state index is 5.77. The fraction of sp³-hybridized carbons (Fsp3) is 1.00. The third-order valence-electron chi connectivity index (χ3n) is 3.90. The molecule has 3 heteroatoms. The average molecular weight is 228 g/mol. The fourth-order valence-corrected chi connectivity index (χ4v) is 2.19. The molecule has 3 nitrogen and oxygen atoms in total. The van der Waals surface area contributed by atoms with Crippen molar-refractivity contribution in [3.8, 4) is 0 Å². The lowest BCUT2D eigenvalue weighted by atomic mass is 9.82. The number of nitrogens with one attached hydrogen (secondary N) is 1. The van der Waals surface area contributed by atoms with Gasteiger partial charge in [0.2, 0.25) is 0 Å². The van der Waals surface area contributed by atoms with Gasteiger partial charge in [-0.25, -0.2) is 0 Å². The van der Waals surface area contributed by atoms with Crippen LogP contribution >= 0.6 is 0 Å². The minimum atomic E-state index is 0.425. The molecule has 1 aliphatic rings. The van der Waals surface area contributed by atoms with Crippen LogP contribution in [0.4, 0.5) is 0 Å². The lowest BCUT2D eigenvalue weighted by Gasteiger charge is -2.34. The third-order valence-corrected chi connectivity index (χ3v) is 3.90. The minimum Gasteiger partial charge on any atom is -0.381 e. The highest BCUT2D eigenvalue weighted by atomic mass is 16.5. The molecule has 1 heterocycles. The van der Waals surface area contributed by atoms with Crippen molar-refractivity contribution in [2.75, 3.05) is 32.8 Å². The highest BCUT2D eigenvalue weighted by Crippen LogP contribution is 2.28. The number of rotatable bonds is 6. The molecule has 0 bridgehead atoms. The zero-order valence-corrected chi connectivity index (χ0v) is 11.1. The van der Waals surface area contributed by atoms with E-state index < -0.39 is 0 Å². The Hall–Kier alpha value is -0.120. The molecule has 0 amide bonds. The Morgan fingerprint density at radius 3 is 2.44 bits per heavy atom. The van der Waals surface area contributed by atoms with Gasteiger partial charge in [-0.05, 0) is 43.2 Å². The van der Waals surface area contributed by atoms with Gasteiger partial charge in [0.1, 0.15) is 0 Å². The first-order valence-electron chi connectivity index (χ1n) is 6.56. The Morgan fingerprint density at radius 1 is 1.31 bits per heavy atom. The maximum absolute atomic E-state index is 5.77. The van der Waals surface area contributed by atoms with Crippen molar-refractivity contribution in [3.05, 3.63) is 0 Å². The first-order chi connectivity index (χ1) is 7.57. The molecule has 1 aliphatic heterocycles. The van der Waals surface area contributed by atoms with Crippen molar-refractivity contribution in [2.45, 2.75) is 33.6 Å². The molecule has 3 N–H and O–H groups in total. The summed E-state index contributed by atoms with van der Waals surface area (Å²) in [6.07, 6.45) is 2.35. The van der Waals surface area contributed by atoms with E-state index in [1.807, 2.05) is 0 Å². The van der Waals surface area contributed by atoms with E-state index in [0.717, 1.165) is 32.8 Å². The van der Waals surface area contributed by atoms with E-state index in [4.69, 9.17) is 10.5 Å². The largest absolute Gasteiger partial charge is 0.381 e. The van der Waals surface area contributed by atoms with Gasteiger partial charge in [-0.1, -0.05) is 20.8 Å². The highest BCUT2D eigenvalue weighted by Gasteiger charge is 2.27. The second kappa shape index (κ2) is 6.58. The lowest BCUT2D eigenvalue weighted by molar-refractivity contribution is 0.0236. The quantitative estimate of drug-likeness (QED) is 0.726. The smallest absolute Gasteiger partial charge is 0.0471 e. The van der Waals surface area contributed by atoms with Gasteiger partial charge in [-0.3, -0.25) is 0 Å². The second-order valence-electron chi connectivity index (χ2n) is 5.79. The number of hydrogen-bond donors (Lipinski definition) is 2. The van der Waals surface area contributed by atoms with E-state index >= 15 is 0 Å². The third kappa shape index (κ3) is 4.40. The van der Waals surface area contributed by atoms with Crippen LogP contribution in [0.5, 0.6) is 0 Å². The molecule has 1 fully saturated rings. The Bertz CT molecular complexity index is 188. The van der Waals surface area contributed by atoms with E-state index in [0.29, 0.717) is 17.3 Å². The van der Waals surface area contributed by atoms with Crippen LogP contribution < -0.4 is 11.1 Å². The molecule has 1 atom stereocenters. The number of nitrogens with two attached hydrogens (primary N) is 1. The van der Waals surface area contributed by atoms with Crippen LogP contribution in [0.2, 0.25) is 0 Å². The van der Waals surface area contributed by atoms with Gasteiger partial charge in [0.25, 0.3) is 0 Å². The summed E-state index contributed by atoms with van der Waals surface area (Å²) < 4.78 is 5.40. The SMILES string of the molecule is CC(C)C(CN)CNCC1(C)CCOCC1. The van der Waals surface area contributed by atoms with E-state index in [1.54, 1.807) is 0 Å². The molecule has 0 aromatic heterocycles. The van der Waals surface area contributed by atoms with Crippen LogP contribution in [0.15, 0.2) is 0 Å². The Kier molecular flexibility index (Phi) is 5.73. The van der Waals surface area contributed by atoms with Crippen LogP contribution in [-0.2, 0) is 4.74 Å². The molecule has 96 valence electrons. The minimum absolute atomic E-state index is 0.425. The van der Waals surface area contributed by atoms with Crippen LogP contribution in [0.25, 0.3) is 0 Å². The fourth-order valence-electron chi connectivity index (χ4n) is 2.19. The summed E-state index contributed by atoms with van der Waals surface area (Å²) in [7, 11) is 0. The van der Waals surface area contributed by atoms with Gasteiger partial charge >= 0.3 is 0 Å². The molecular formula is C13H28N2O. The summed E-state index contributed by atoms with van der Waals surface area (Å²) in [5.74, 6) is 1.27. The summed E-state index contributed by atoms with van der Waals surface area (Å²) in [6, 6.07) is 0. The van der Waals surface area contributed by atoms with E-state index in [-0.39, 0.29) is 0 Å². The molecule has 0 saturated carbocycles. The molecule has 0 spiro atoms. The van der Waals surface area contributed by atoms with Crippen molar-refractivity contribution in [1.82, 2.24) is 5.32 Å². The maximum Gasteiger partial charge on any atom is 0.0471 e. The standard InChI is InChI=1S/C13H28N2O/c1-11(2)12(8-14)9-15-10-13(3)4-6-16-7-5-13/h11-12,15H,4-10,14H2,1-3H3. The summed E-state index contributed by atoms with van der Waals surface area (Å²) in [5.41, 5.74) is 6.19. The van der Waals surface area contributed by atoms with Crippen molar-refractivity contribution in [1.29, 1.82) is 0 Å². The second-order valence-corrected chi connectivity index (χ2v) is 5.79. The summed E-state index contributed by atoms with van der Waals surface area (Å²) >= 11 is 0. The number of hydrogen-bond acceptors (Lipinski definition) is 3. The van der Waals surface area contributed by atoms with Crippen LogP contribution in [0, 0.1) is 17.3 Å². The number of ether oxygens (including phenoxy) is 1. The summed E-state index contributed by atoms with van der Waals surface area (Å²) in [5, 5.41) is 3.59. The molecule has 1 saturated heterocycles. The average Bonchev–Trinajstić information content (AvgIpc) is 2.25. The van der Waals surface area contributed by atoms with Gasteiger partial charge in [0.15, 0.2) is 0 Å². The Labute approximate surface area is 100 Å². The lowest BCUT2D eigenvalue weighted by Crippen LogP contribution is -2.40. The molecular weight excluding hydrogens is 200 g/mol. The highest BCUT2D eigenvalue weighted by molar-refractivity contribution is 4.80. The summed E-state index contributed by atoms with van der Waals surface area (Å²) in [4.78, 5) is 0. The van der Waals surface area contributed by atoms with Crippen molar-refractivity contribution < 1.29 is 4.74 Å². The molecule has 0 aromatic carbocycles. The van der Waals surface area contributed by atoms with Crippen LogP contribution in [0.1, 0.15) is 33.6 Å². The van der Waals surface area contributed by atoms with Crippen LogP contribution in [0.3, 0.4) is 0 Å². The normalized spacial score (nSPS) is 22.3. The molecule has 0 radical (unpaired) electrons. The molecule has 1 rings (SSSR count). The van der Waals surface area contributed by atoms with Gasteiger partial charge in [-0.15, -0.1) is 0 Å². The Balaban J connectivity index is 2.22. The first-order valence-corrected chi connectivity index (χ1v) is 6.56. The summed E-state index contributed by atoms with van der Waals surface area (Å²) in [6.45, 7) is 11.6. The van der Waals surface area contributed by atoms with E-state index in [9.17, 15) is 0 Å². The van der Waals surface area contributed by atoms with E-state index in [1.165, 1.54) is 12.8 Å². The zero-order valence-electron chi connectivity index (χ0n) is 11.1. The van der Waals surface area contributed by atoms with Crippen LogP contribution in [-0.4, -0.2) is 32.8 Å². The predicted octanol–water partition coefficient (Wildman–Crippen LogP) is 1.62. The zero-order chi connectivity index (χ0) is 12.0. The first kappa shape index (κ1) is 13.9. The van der Waals surface area contributed by atoms with Crippen molar-refractivity contribution >= 4 is 0 Å².